The van der Waals surface area contributed by atoms with E-state index in [4.69, 9.17) is 16.3 Å². The first-order valence-corrected chi connectivity index (χ1v) is 4.94. The van der Waals surface area contributed by atoms with Crippen LogP contribution in [0.3, 0.4) is 0 Å². The molecule has 76 valence electrons. The number of benzene rings is 1. The molecule has 0 aromatic heterocycles. The van der Waals surface area contributed by atoms with E-state index < -0.39 is 0 Å². The topological polar surface area (TPSA) is 9.23 Å². The summed E-state index contributed by atoms with van der Waals surface area (Å²) in [5.41, 5.74) is 2.37. The van der Waals surface area contributed by atoms with Crippen molar-refractivity contribution in [1.82, 2.24) is 0 Å². The third kappa shape index (κ3) is 3.17. The van der Waals surface area contributed by atoms with E-state index in [0.717, 1.165) is 10.6 Å². The fourth-order valence-electron chi connectivity index (χ4n) is 1.26. The van der Waals surface area contributed by atoms with Crippen LogP contribution in [-0.2, 0) is 4.74 Å². The minimum Gasteiger partial charge on any atom is -0.373 e. The van der Waals surface area contributed by atoms with Crippen molar-refractivity contribution in [3.05, 3.63) is 46.5 Å². The van der Waals surface area contributed by atoms with Crippen LogP contribution in [-0.4, -0.2) is 7.11 Å². The lowest BCUT2D eigenvalue weighted by Crippen LogP contribution is -1.97. The van der Waals surface area contributed by atoms with Gasteiger partial charge in [0.25, 0.3) is 0 Å². The summed E-state index contributed by atoms with van der Waals surface area (Å²) in [5, 5.41) is 0.751. The van der Waals surface area contributed by atoms with Crippen LogP contribution >= 0.6 is 11.6 Å². The fraction of sp³-hybridized carbons (Fsp3) is 0.333. The third-order valence-electron chi connectivity index (χ3n) is 1.94. The minimum atomic E-state index is 0.0252. The van der Waals surface area contributed by atoms with Gasteiger partial charge in [0.2, 0.25) is 0 Å². The molecule has 0 radical (unpaired) electrons. The summed E-state index contributed by atoms with van der Waals surface area (Å²) in [6, 6.07) is 7.72. The Morgan fingerprint density at radius 3 is 2.29 bits per heavy atom. The van der Waals surface area contributed by atoms with E-state index in [2.05, 4.69) is 19.9 Å². The molecule has 1 aromatic rings. The van der Waals surface area contributed by atoms with Gasteiger partial charge in [-0.05, 0) is 31.5 Å². The summed E-state index contributed by atoms with van der Waals surface area (Å²) in [7, 11) is 1.71. The van der Waals surface area contributed by atoms with Crippen molar-refractivity contribution in [2.75, 3.05) is 7.11 Å². The second kappa shape index (κ2) is 5.18. The van der Waals surface area contributed by atoms with Gasteiger partial charge in [0.05, 0.1) is 0 Å². The largest absolute Gasteiger partial charge is 0.373 e. The molecule has 0 fully saturated rings. The lowest BCUT2D eigenvalue weighted by atomic mass is 10.1. The van der Waals surface area contributed by atoms with Gasteiger partial charge < -0.3 is 4.74 Å². The Morgan fingerprint density at radius 2 is 1.86 bits per heavy atom. The molecule has 1 aromatic carbocycles. The molecule has 0 aliphatic carbocycles. The lowest BCUT2D eigenvalue weighted by Gasteiger charge is -2.12. The van der Waals surface area contributed by atoms with Crippen LogP contribution < -0.4 is 0 Å². The molecule has 0 saturated heterocycles. The van der Waals surface area contributed by atoms with Gasteiger partial charge in [0.15, 0.2) is 0 Å². The van der Waals surface area contributed by atoms with Crippen LogP contribution in [0.15, 0.2) is 35.9 Å². The zero-order chi connectivity index (χ0) is 10.6. The van der Waals surface area contributed by atoms with E-state index in [0.29, 0.717) is 0 Å². The van der Waals surface area contributed by atoms with Gasteiger partial charge in [-0.25, -0.2) is 0 Å². The molecule has 0 heterocycles. The van der Waals surface area contributed by atoms with Crippen molar-refractivity contribution in [1.29, 1.82) is 0 Å². The highest BCUT2D eigenvalue weighted by Crippen LogP contribution is 2.21. The average Bonchev–Trinajstić information content (AvgIpc) is 2.15. The Bertz CT molecular complexity index is 310. The molecule has 1 nitrogen and oxygen atoms in total. The molecule has 0 aliphatic rings. The van der Waals surface area contributed by atoms with E-state index in [1.807, 2.05) is 24.3 Å². The van der Waals surface area contributed by atoms with Crippen LogP contribution in [0.2, 0.25) is 5.02 Å². The van der Waals surface area contributed by atoms with Gasteiger partial charge in [-0.3, -0.25) is 0 Å². The Labute approximate surface area is 90.3 Å². The smallest absolute Gasteiger partial charge is 0.100 e. The molecule has 0 saturated carbocycles. The van der Waals surface area contributed by atoms with Crippen molar-refractivity contribution in [2.45, 2.75) is 20.0 Å². The van der Waals surface area contributed by atoms with Gasteiger partial charge in [0.1, 0.15) is 6.10 Å². The van der Waals surface area contributed by atoms with E-state index >= 15 is 0 Å². The van der Waals surface area contributed by atoms with Gasteiger partial charge in [-0.1, -0.05) is 35.4 Å². The standard InChI is InChI=1S/C12H15ClO/c1-9(2)8-12(14-3)10-4-6-11(13)7-5-10/h4-8,12H,1-3H3. The number of allylic oxidation sites excluding steroid dienone is 1. The van der Waals surface area contributed by atoms with Gasteiger partial charge in [-0.2, -0.15) is 0 Å². The van der Waals surface area contributed by atoms with Crippen molar-refractivity contribution < 1.29 is 4.74 Å². The Kier molecular flexibility index (Phi) is 4.18. The third-order valence-corrected chi connectivity index (χ3v) is 2.19. The highest BCUT2D eigenvalue weighted by molar-refractivity contribution is 6.30. The monoisotopic (exact) mass is 210 g/mol. The summed E-state index contributed by atoms with van der Waals surface area (Å²) < 4.78 is 5.37. The van der Waals surface area contributed by atoms with Crippen LogP contribution in [0, 0.1) is 0 Å². The molecular formula is C12H15ClO. The van der Waals surface area contributed by atoms with E-state index in [-0.39, 0.29) is 6.10 Å². The molecule has 0 spiro atoms. The molecule has 0 aliphatic heterocycles. The summed E-state index contributed by atoms with van der Waals surface area (Å²) in [5.74, 6) is 0. The number of hydrogen-bond donors (Lipinski definition) is 0. The quantitative estimate of drug-likeness (QED) is 0.686. The summed E-state index contributed by atoms with van der Waals surface area (Å²) >= 11 is 5.81. The Hall–Kier alpha value is -0.790. The number of methoxy groups -OCH3 is 1. The highest BCUT2D eigenvalue weighted by Gasteiger charge is 2.05. The lowest BCUT2D eigenvalue weighted by molar-refractivity contribution is 0.142. The molecule has 0 amide bonds. The first kappa shape index (κ1) is 11.3. The maximum absolute atomic E-state index is 5.81. The number of rotatable bonds is 3. The van der Waals surface area contributed by atoms with Crippen molar-refractivity contribution in [3.8, 4) is 0 Å². The molecule has 14 heavy (non-hydrogen) atoms. The second-order valence-corrected chi connectivity index (χ2v) is 3.89. The Morgan fingerprint density at radius 1 is 1.29 bits per heavy atom. The molecule has 0 bridgehead atoms. The Balaban J connectivity index is 2.90. The van der Waals surface area contributed by atoms with Crippen LogP contribution in [0.4, 0.5) is 0 Å². The van der Waals surface area contributed by atoms with E-state index in [1.54, 1.807) is 7.11 Å². The zero-order valence-corrected chi connectivity index (χ0v) is 9.51. The molecule has 2 heteroatoms. The summed E-state index contributed by atoms with van der Waals surface area (Å²) in [4.78, 5) is 0. The van der Waals surface area contributed by atoms with Gasteiger partial charge >= 0.3 is 0 Å². The summed E-state index contributed by atoms with van der Waals surface area (Å²) in [6.45, 7) is 4.11. The normalized spacial score (nSPS) is 12.3. The van der Waals surface area contributed by atoms with Gasteiger partial charge in [-0.15, -0.1) is 0 Å². The van der Waals surface area contributed by atoms with Crippen LogP contribution in [0.5, 0.6) is 0 Å². The molecule has 1 unspecified atom stereocenters. The maximum atomic E-state index is 5.81. The molecular weight excluding hydrogens is 196 g/mol. The zero-order valence-electron chi connectivity index (χ0n) is 8.75. The van der Waals surface area contributed by atoms with Crippen molar-refractivity contribution in [2.24, 2.45) is 0 Å². The van der Waals surface area contributed by atoms with Crippen LogP contribution in [0.25, 0.3) is 0 Å². The average molecular weight is 211 g/mol. The predicted octanol–water partition coefficient (Wildman–Crippen LogP) is 3.99. The molecule has 0 N–H and O–H groups in total. The van der Waals surface area contributed by atoms with E-state index in [9.17, 15) is 0 Å². The first-order valence-electron chi connectivity index (χ1n) is 4.56. The van der Waals surface area contributed by atoms with E-state index in [1.165, 1.54) is 5.57 Å². The number of ether oxygens (including phenoxy) is 1. The molecule has 1 rings (SSSR count). The highest BCUT2D eigenvalue weighted by atomic mass is 35.5. The van der Waals surface area contributed by atoms with Crippen LogP contribution in [0.1, 0.15) is 25.5 Å². The number of hydrogen-bond acceptors (Lipinski definition) is 1. The van der Waals surface area contributed by atoms with Crippen molar-refractivity contribution >= 4 is 11.6 Å². The first-order chi connectivity index (χ1) is 6.63. The predicted molar refractivity (Wildman–Crippen MR) is 60.6 cm³/mol. The van der Waals surface area contributed by atoms with Gasteiger partial charge in [0, 0.05) is 12.1 Å². The minimum absolute atomic E-state index is 0.0252. The summed E-state index contributed by atoms with van der Waals surface area (Å²) in [6.07, 6.45) is 2.11. The fourth-order valence-corrected chi connectivity index (χ4v) is 1.38. The van der Waals surface area contributed by atoms with Crippen molar-refractivity contribution in [3.63, 3.8) is 0 Å². The second-order valence-electron chi connectivity index (χ2n) is 3.45. The SMILES string of the molecule is COC(C=C(C)C)c1ccc(Cl)cc1. The number of halogens is 1. The molecule has 1 atom stereocenters. The maximum Gasteiger partial charge on any atom is 0.100 e.